The Balaban J connectivity index is 2.05. The van der Waals surface area contributed by atoms with E-state index >= 15 is 0 Å². The van der Waals surface area contributed by atoms with Crippen LogP contribution in [0.1, 0.15) is 25.3 Å². The molecule has 2 rings (SSSR count). The van der Waals surface area contributed by atoms with Crippen LogP contribution in [-0.2, 0) is 10.0 Å². The average Bonchev–Trinajstić information content (AvgIpc) is 2.50. The quantitative estimate of drug-likeness (QED) is 0.724. The monoisotopic (exact) mass is 397 g/mol. The molecule has 7 heteroatoms. The third-order valence-corrected chi connectivity index (χ3v) is 5.22. The van der Waals surface area contributed by atoms with Gasteiger partial charge in [0.1, 0.15) is 5.82 Å². The van der Waals surface area contributed by atoms with Gasteiger partial charge < -0.3 is 5.32 Å². The van der Waals surface area contributed by atoms with Crippen molar-refractivity contribution < 1.29 is 8.42 Å². The van der Waals surface area contributed by atoms with E-state index in [1.54, 1.807) is 12.1 Å². The Morgan fingerprint density at radius 3 is 2.61 bits per heavy atom. The third-order valence-electron chi connectivity index (χ3n) is 3.19. The summed E-state index contributed by atoms with van der Waals surface area (Å²) in [7, 11) is -3.30. The number of aromatic nitrogens is 1. The molecule has 124 valence electrons. The van der Waals surface area contributed by atoms with Gasteiger partial charge in [-0.25, -0.2) is 13.4 Å². The van der Waals surface area contributed by atoms with E-state index in [1.807, 2.05) is 32.0 Å². The highest BCUT2D eigenvalue weighted by Gasteiger charge is 2.10. The molecular formula is C16H20BrN3O2S. The Labute approximate surface area is 145 Å². The lowest BCUT2D eigenvalue weighted by atomic mass is 10.2. The number of pyridine rings is 1. The van der Waals surface area contributed by atoms with Crippen molar-refractivity contribution in [3.8, 4) is 0 Å². The van der Waals surface area contributed by atoms with Gasteiger partial charge in [0.15, 0.2) is 0 Å². The summed E-state index contributed by atoms with van der Waals surface area (Å²) in [5, 5.41) is 3.19. The highest BCUT2D eigenvalue weighted by Crippen LogP contribution is 2.26. The smallest absolute Gasteiger partial charge is 0.232 e. The molecule has 5 nitrogen and oxygen atoms in total. The molecule has 2 N–H and O–H groups in total. The zero-order chi connectivity index (χ0) is 16.9. The van der Waals surface area contributed by atoms with Crippen LogP contribution in [0.4, 0.5) is 17.2 Å². The normalized spacial score (nSPS) is 11.3. The SMILES string of the molecule is CCCCS(=O)(=O)Nc1ccc(Nc2ccc(C)cc2Br)nc1. The summed E-state index contributed by atoms with van der Waals surface area (Å²) in [6.07, 6.45) is 2.99. The second-order valence-electron chi connectivity index (χ2n) is 5.31. The zero-order valence-electron chi connectivity index (χ0n) is 13.1. The highest BCUT2D eigenvalue weighted by molar-refractivity contribution is 9.10. The second-order valence-corrected chi connectivity index (χ2v) is 8.01. The number of unbranched alkanes of at least 4 members (excludes halogenated alkanes) is 1. The van der Waals surface area contributed by atoms with Crippen molar-refractivity contribution >= 4 is 43.1 Å². The van der Waals surface area contributed by atoms with Gasteiger partial charge in [0.2, 0.25) is 10.0 Å². The predicted octanol–water partition coefficient (Wildman–Crippen LogP) is 4.44. The number of nitrogens with zero attached hydrogens (tertiary/aromatic N) is 1. The number of hydrogen-bond acceptors (Lipinski definition) is 4. The van der Waals surface area contributed by atoms with Crippen LogP contribution in [0.25, 0.3) is 0 Å². The fraction of sp³-hybridized carbons (Fsp3) is 0.312. The molecule has 0 spiro atoms. The van der Waals surface area contributed by atoms with Crippen molar-refractivity contribution in [3.63, 3.8) is 0 Å². The third kappa shape index (κ3) is 5.51. The van der Waals surface area contributed by atoms with Crippen LogP contribution in [-0.4, -0.2) is 19.2 Å². The topological polar surface area (TPSA) is 71.1 Å². The van der Waals surface area contributed by atoms with Gasteiger partial charge in [0, 0.05) is 4.47 Å². The molecule has 0 unspecified atom stereocenters. The van der Waals surface area contributed by atoms with Crippen LogP contribution in [0.5, 0.6) is 0 Å². The van der Waals surface area contributed by atoms with Crippen LogP contribution >= 0.6 is 15.9 Å². The second kappa shape index (κ2) is 7.79. The molecule has 0 fully saturated rings. The van der Waals surface area contributed by atoms with Crippen molar-refractivity contribution in [2.45, 2.75) is 26.7 Å². The number of rotatable bonds is 7. The summed E-state index contributed by atoms with van der Waals surface area (Å²) in [6.45, 7) is 3.98. The maximum Gasteiger partial charge on any atom is 0.232 e. The van der Waals surface area contributed by atoms with Crippen LogP contribution in [0.2, 0.25) is 0 Å². The molecule has 0 aliphatic carbocycles. The number of nitrogens with one attached hydrogen (secondary N) is 2. The van der Waals surface area contributed by atoms with Gasteiger partial charge in [0.25, 0.3) is 0 Å². The van der Waals surface area contributed by atoms with E-state index in [0.29, 0.717) is 17.9 Å². The van der Waals surface area contributed by atoms with Gasteiger partial charge in [-0.3, -0.25) is 4.72 Å². The number of halogens is 1. The van der Waals surface area contributed by atoms with Gasteiger partial charge in [-0.1, -0.05) is 19.4 Å². The van der Waals surface area contributed by atoms with Crippen molar-refractivity contribution in [3.05, 3.63) is 46.6 Å². The first kappa shape index (κ1) is 17.7. The molecule has 0 aliphatic heterocycles. The van der Waals surface area contributed by atoms with Gasteiger partial charge in [-0.15, -0.1) is 0 Å². The fourth-order valence-corrected chi connectivity index (χ4v) is 3.80. The summed E-state index contributed by atoms with van der Waals surface area (Å²) in [4.78, 5) is 4.24. The lowest BCUT2D eigenvalue weighted by Crippen LogP contribution is -2.16. The minimum Gasteiger partial charge on any atom is -0.339 e. The van der Waals surface area contributed by atoms with E-state index in [0.717, 1.165) is 22.1 Å². The van der Waals surface area contributed by atoms with Crippen molar-refractivity contribution in [2.24, 2.45) is 0 Å². The summed E-state index contributed by atoms with van der Waals surface area (Å²) in [5.41, 5.74) is 2.53. The van der Waals surface area contributed by atoms with Crippen LogP contribution in [0.3, 0.4) is 0 Å². The van der Waals surface area contributed by atoms with E-state index in [2.05, 4.69) is 31.0 Å². The largest absolute Gasteiger partial charge is 0.339 e. The Hall–Kier alpha value is -1.60. The van der Waals surface area contributed by atoms with Crippen molar-refractivity contribution in [2.75, 3.05) is 15.8 Å². The molecule has 2 aromatic rings. The van der Waals surface area contributed by atoms with E-state index < -0.39 is 10.0 Å². The maximum absolute atomic E-state index is 11.9. The van der Waals surface area contributed by atoms with E-state index in [-0.39, 0.29) is 5.75 Å². The number of aryl methyl sites for hydroxylation is 1. The van der Waals surface area contributed by atoms with E-state index in [1.165, 1.54) is 6.20 Å². The number of hydrogen-bond donors (Lipinski definition) is 2. The first-order valence-corrected chi connectivity index (χ1v) is 9.84. The molecular weight excluding hydrogens is 378 g/mol. The molecule has 1 heterocycles. The lowest BCUT2D eigenvalue weighted by molar-refractivity contribution is 0.598. The Bertz CT molecular complexity index is 761. The molecule has 0 bridgehead atoms. The maximum atomic E-state index is 11.9. The van der Waals surface area contributed by atoms with Crippen LogP contribution in [0.15, 0.2) is 41.0 Å². The number of anilines is 3. The summed E-state index contributed by atoms with van der Waals surface area (Å²) in [5.74, 6) is 0.769. The predicted molar refractivity (Wildman–Crippen MR) is 98.7 cm³/mol. The number of sulfonamides is 1. The minimum atomic E-state index is -3.30. The molecule has 1 aromatic carbocycles. The Kier molecular flexibility index (Phi) is 6.01. The zero-order valence-corrected chi connectivity index (χ0v) is 15.5. The summed E-state index contributed by atoms with van der Waals surface area (Å²) in [6, 6.07) is 9.41. The van der Waals surface area contributed by atoms with E-state index in [9.17, 15) is 8.42 Å². The van der Waals surface area contributed by atoms with Gasteiger partial charge in [-0.2, -0.15) is 0 Å². The summed E-state index contributed by atoms with van der Waals surface area (Å²) < 4.78 is 27.2. The van der Waals surface area contributed by atoms with Crippen molar-refractivity contribution in [1.82, 2.24) is 4.98 Å². The fourth-order valence-electron chi connectivity index (χ4n) is 1.95. The van der Waals surface area contributed by atoms with E-state index in [4.69, 9.17) is 0 Å². The molecule has 0 aliphatic rings. The first-order chi connectivity index (χ1) is 10.9. The average molecular weight is 398 g/mol. The van der Waals surface area contributed by atoms with Gasteiger partial charge in [0.05, 0.1) is 23.3 Å². The molecule has 0 radical (unpaired) electrons. The Morgan fingerprint density at radius 2 is 2.00 bits per heavy atom. The minimum absolute atomic E-state index is 0.125. The van der Waals surface area contributed by atoms with Gasteiger partial charge >= 0.3 is 0 Å². The molecule has 0 atom stereocenters. The Morgan fingerprint density at radius 1 is 1.22 bits per heavy atom. The highest BCUT2D eigenvalue weighted by atomic mass is 79.9. The molecule has 0 saturated carbocycles. The molecule has 1 aromatic heterocycles. The molecule has 0 saturated heterocycles. The lowest BCUT2D eigenvalue weighted by Gasteiger charge is -2.10. The molecule has 0 amide bonds. The standard InChI is InChI=1S/C16H20BrN3O2S/c1-3-4-9-23(21,22)20-13-6-8-16(18-11-13)19-15-7-5-12(2)10-14(15)17/h5-8,10-11,20H,3-4,9H2,1-2H3,(H,18,19). The van der Waals surface area contributed by atoms with Crippen LogP contribution in [0, 0.1) is 6.92 Å². The van der Waals surface area contributed by atoms with Gasteiger partial charge in [-0.05, 0) is 59.1 Å². The first-order valence-electron chi connectivity index (χ1n) is 7.39. The van der Waals surface area contributed by atoms with Crippen molar-refractivity contribution in [1.29, 1.82) is 0 Å². The summed E-state index contributed by atoms with van der Waals surface area (Å²) >= 11 is 3.50. The molecule has 23 heavy (non-hydrogen) atoms. The van der Waals surface area contributed by atoms with Crippen LogP contribution < -0.4 is 10.0 Å². The number of benzene rings is 1.